The number of fused-ring (bicyclic) bond motifs is 12. The van der Waals surface area contributed by atoms with E-state index in [0.717, 1.165) is 33.3 Å². The van der Waals surface area contributed by atoms with Crippen LogP contribution in [0.5, 0.6) is 0 Å². The maximum atomic E-state index is 6.19. The van der Waals surface area contributed by atoms with Crippen LogP contribution in [-0.4, -0.2) is 9.13 Å². The molecule has 0 aliphatic heterocycles. The molecule has 0 unspecified atom stereocenters. The van der Waals surface area contributed by atoms with Crippen molar-refractivity contribution in [2.75, 3.05) is 0 Å². The predicted molar refractivity (Wildman–Crippen MR) is 223 cm³/mol. The van der Waals surface area contributed by atoms with Gasteiger partial charge in [-0.15, -0.1) is 0 Å². The van der Waals surface area contributed by atoms with Crippen LogP contribution in [-0.2, 0) is 0 Å². The highest BCUT2D eigenvalue weighted by molar-refractivity contribution is 6.29. The fraction of sp³-hybridized carbons (Fsp3) is 0. The lowest BCUT2D eigenvalue weighted by molar-refractivity contribution is 0.669. The number of furan rings is 1. The first-order valence-electron chi connectivity index (χ1n) is 18.2. The van der Waals surface area contributed by atoms with Crippen molar-refractivity contribution in [2.45, 2.75) is 0 Å². The molecule has 12 aromatic rings. The lowest BCUT2D eigenvalue weighted by Crippen LogP contribution is -1.95. The van der Waals surface area contributed by atoms with E-state index in [9.17, 15) is 0 Å². The first kappa shape index (κ1) is 28.6. The average molecular weight is 675 g/mol. The number of hydrogen-bond acceptors (Lipinski definition) is 1. The van der Waals surface area contributed by atoms with Gasteiger partial charge in [0.2, 0.25) is 0 Å². The van der Waals surface area contributed by atoms with Gasteiger partial charge in [0.05, 0.1) is 22.1 Å². The molecule has 3 heterocycles. The molecule has 0 atom stereocenters. The van der Waals surface area contributed by atoms with Crippen molar-refractivity contribution in [3.63, 3.8) is 0 Å². The van der Waals surface area contributed by atoms with Crippen molar-refractivity contribution >= 4 is 87.1 Å². The van der Waals surface area contributed by atoms with E-state index in [4.69, 9.17) is 4.42 Å². The second kappa shape index (κ2) is 10.7. The molecule has 3 aromatic heterocycles. The lowest BCUT2D eigenvalue weighted by Gasteiger charge is -2.11. The molecule has 0 saturated heterocycles. The lowest BCUT2D eigenvalue weighted by atomic mass is 10.00. The van der Waals surface area contributed by atoms with E-state index >= 15 is 0 Å². The number of nitrogens with zero attached hydrogens (tertiary/aromatic N) is 2. The van der Waals surface area contributed by atoms with Crippen LogP contribution >= 0.6 is 0 Å². The molecule has 0 radical (unpaired) electrons. The summed E-state index contributed by atoms with van der Waals surface area (Å²) in [5, 5.41) is 12.2. The van der Waals surface area contributed by atoms with Gasteiger partial charge in [0.25, 0.3) is 0 Å². The van der Waals surface area contributed by atoms with E-state index in [-0.39, 0.29) is 0 Å². The molecule has 246 valence electrons. The van der Waals surface area contributed by atoms with Gasteiger partial charge in [-0.2, -0.15) is 0 Å². The SMILES string of the molecule is c1ccc2cc(-n3c4ccccc4c4c5c6ccc(-c7ccc8oc9ccccc9c8c7)cc6n(-c6ccc7ccccc7c6)c5ccc43)ccc2c1. The summed E-state index contributed by atoms with van der Waals surface area (Å²) in [6, 6.07) is 66.2. The Kier molecular flexibility index (Phi) is 5.77. The van der Waals surface area contributed by atoms with Crippen LogP contribution in [0.1, 0.15) is 0 Å². The molecule has 0 amide bonds. The molecule has 0 aliphatic rings. The minimum Gasteiger partial charge on any atom is -0.456 e. The van der Waals surface area contributed by atoms with Gasteiger partial charge < -0.3 is 13.6 Å². The van der Waals surface area contributed by atoms with Crippen LogP contribution in [0.2, 0.25) is 0 Å². The summed E-state index contributed by atoms with van der Waals surface area (Å²) < 4.78 is 11.1. The van der Waals surface area contributed by atoms with Crippen LogP contribution < -0.4 is 0 Å². The molecule has 9 aromatic carbocycles. The summed E-state index contributed by atoms with van der Waals surface area (Å²) in [6.45, 7) is 0. The monoisotopic (exact) mass is 674 g/mol. The largest absolute Gasteiger partial charge is 0.456 e. The topological polar surface area (TPSA) is 23.0 Å². The maximum Gasteiger partial charge on any atom is 0.135 e. The molecule has 12 rings (SSSR count). The third kappa shape index (κ3) is 4.10. The van der Waals surface area contributed by atoms with Crippen molar-refractivity contribution in [1.82, 2.24) is 9.13 Å². The fourth-order valence-corrected chi connectivity index (χ4v) is 8.84. The highest BCUT2D eigenvalue weighted by atomic mass is 16.3. The zero-order valence-corrected chi connectivity index (χ0v) is 28.6. The highest BCUT2D eigenvalue weighted by Crippen LogP contribution is 2.44. The predicted octanol–water partition coefficient (Wildman–Crippen LogP) is 13.8. The normalized spacial score (nSPS) is 12.2. The van der Waals surface area contributed by atoms with Gasteiger partial charge in [0.1, 0.15) is 11.2 Å². The first-order valence-corrected chi connectivity index (χ1v) is 18.2. The Bertz CT molecular complexity index is 3470. The molecule has 0 fully saturated rings. The van der Waals surface area contributed by atoms with Gasteiger partial charge >= 0.3 is 0 Å². The molecular weight excluding hydrogens is 645 g/mol. The Morgan fingerprint density at radius 2 is 0.830 bits per heavy atom. The summed E-state index contributed by atoms with van der Waals surface area (Å²) in [5.41, 5.74) is 11.2. The van der Waals surface area contributed by atoms with Gasteiger partial charge in [-0.05, 0) is 99.4 Å². The van der Waals surface area contributed by atoms with Crippen molar-refractivity contribution in [3.05, 3.63) is 182 Å². The molecular formula is C50H30N2O. The number of hydrogen-bond donors (Lipinski definition) is 0. The molecule has 0 N–H and O–H groups in total. The van der Waals surface area contributed by atoms with Gasteiger partial charge in [-0.1, -0.05) is 115 Å². The molecule has 3 nitrogen and oxygen atoms in total. The van der Waals surface area contributed by atoms with Crippen LogP contribution in [0.4, 0.5) is 0 Å². The van der Waals surface area contributed by atoms with Gasteiger partial charge in [-0.3, -0.25) is 0 Å². The van der Waals surface area contributed by atoms with Crippen molar-refractivity contribution in [3.8, 4) is 22.5 Å². The molecule has 0 aliphatic carbocycles. The van der Waals surface area contributed by atoms with Gasteiger partial charge in [0, 0.05) is 43.7 Å². The highest BCUT2D eigenvalue weighted by Gasteiger charge is 2.21. The minimum atomic E-state index is 0.909. The van der Waals surface area contributed by atoms with Gasteiger partial charge in [0.15, 0.2) is 0 Å². The zero-order valence-electron chi connectivity index (χ0n) is 28.6. The number of benzene rings is 9. The molecule has 0 saturated carbocycles. The van der Waals surface area contributed by atoms with Crippen LogP contribution in [0.25, 0.3) is 110 Å². The Labute approximate surface area is 304 Å². The summed E-state index contributed by atoms with van der Waals surface area (Å²) in [7, 11) is 0. The summed E-state index contributed by atoms with van der Waals surface area (Å²) >= 11 is 0. The van der Waals surface area contributed by atoms with Crippen LogP contribution in [0, 0.1) is 0 Å². The molecule has 3 heteroatoms. The standard InChI is InChI=1S/C50H30N2O/c1-3-11-33-27-37(21-17-31(33)9-1)51-43-15-7-5-14-40(43)49-44(51)24-25-45-50(49)41-23-19-36(35-20-26-48-42(29-35)39-13-6-8-16-47(39)53-48)30-46(41)52(45)38-22-18-32-10-2-4-12-34(32)28-38/h1-30H. The Hall–Kier alpha value is -7.10. The van der Waals surface area contributed by atoms with Gasteiger partial charge in [-0.25, -0.2) is 0 Å². The maximum absolute atomic E-state index is 6.19. The summed E-state index contributed by atoms with van der Waals surface area (Å²) in [4.78, 5) is 0. The number of rotatable bonds is 3. The molecule has 53 heavy (non-hydrogen) atoms. The smallest absolute Gasteiger partial charge is 0.135 e. The van der Waals surface area contributed by atoms with E-state index in [2.05, 4.69) is 179 Å². The van der Waals surface area contributed by atoms with E-state index in [1.54, 1.807) is 0 Å². The molecule has 0 bridgehead atoms. The van der Waals surface area contributed by atoms with Crippen molar-refractivity contribution in [2.24, 2.45) is 0 Å². The number of para-hydroxylation sites is 2. The Morgan fingerprint density at radius 1 is 0.302 bits per heavy atom. The third-order valence-electron chi connectivity index (χ3n) is 11.3. The quantitative estimate of drug-likeness (QED) is 0.183. The van der Waals surface area contributed by atoms with E-state index in [1.165, 1.54) is 76.3 Å². The van der Waals surface area contributed by atoms with Crippen LogP contribution in [0.3, 0.4) is 0 Å². The second-order valence-corrected chi connectivity index (χ2v) is 14.1. The Balaban J connectivity index is 1.18. The van der Waals surface area contributed by atoms with Crippen LogP contribution in [0.15, 0.2) is 186 Å². The molecule has 0 spiro atoms. The third-order valence-corrected chi connectivity index (χ3v) is 11.3. The summed E-state index contributed by atoms with van der Waals surface area (Å²) in [5.74, 6) is 0. The Morgan fingerprint density at radius 3 is 1.55 bits per heavy atom. The van der Waals surface area contributed by atoms with Crippen molar-refractivity contribution in [1.29, 1.82) is 0 Å². The van der Waals surface area contributed by atoms with E-state index in [1.807, 2.05) is 12.1 Å². The van der Waals surface area contributed by atoms with E-state index < -0.39 is 0 Å². The first-order chi connectivity index (χ1) is 26.3. The minimum absolute atomic E-state index is 0.909. The fourth-order valence-electron chi connectivity index (χ4n) is 8.84. The number of aromatic nitrogens is 2. The zero-order chi connectivity index (χ0) is 34.6. The average Bonchev–Trinajstić information content (AvgIpc) is 3.87. The van der Waals surface area contributed by atoms with Crippen molar-refractivity contribution < 1.29 is 4.42 Å². The second-order valence-electron chi connectivity index (χ2n) is 14.1. The van der Waals surface area contributed by atoms with E-state index in [0.29, 0.717) is 0 Å². The summed E-state index contributed by atoms with van der Waals surface area (Å²) in [6.07, 6.45) is 0.